The predicted molar refractivity (Wildman–Crippen MR) is 109 cm³/mol. The van der Waals surface area contributed by atoms with E-state index in [0.717, 1.165) is 11.1 Å². The van der Waals surface area contributed by atoms with Crippen LogP contribution in [0.15, 0.2) is 52.8 Å². The minimum absolute atomic E-state index is 0.123. The maximum Gasteiger partial charge on any atom is 0.188 e. The van der Waals surface area contributed by atoms with Crippen molar-refractivity contribution in [3.8, 4) is 11.5 Å². The minimum Gasteiger partial charge on any atom is -0.484 e. The highest BCUT2D eigenvalue weighted by atomic mass is 16.6. The van der Waals surface area contributed by atoms with E-state index in [0.29, 0.717) is 24.3 Å². The fraction of sp³-hybridized carbons (Fsp3) is 0.300. The fourth-order valence-corrected chi connectivity index (χ4v) is 2.73. The van der Waals surface area contributed by atoms with Crippen LogP contribution in [0.25, 0.3) is 10.4 Å². The van der Waals surface area contributed by atoms with Gasteiger partial charge in [-0.2, -0.15) is 5.90 Å². The number of nitroso groups, excluding NO2 is 1. The van der Waals surface area contributed by atoms with Gasteiger partial charge in [-0.1, -0.05) is 23.3 Å². The van der Waals surface area contributed by atoms with Crippen molar-refractivity contribution in [3.05, 3.63) is 68.9 Å². The SMILES string of the molecule is [N-]=[N+]=NCOc1ccc(CCC(=O)CC(=O)CCc2ccc(N=O)cc2)cc1ON. The van der Waals surface area contributed by atoms with E-state index in [1.54, 1.807) is 42.5 Å². The van der Waals surface area contributed by atoms with Gasteiger partial charge in [0.15, 0.2) is 18.2 Å². The molecule has 2 aromatic rings. The molecule has 0 aliphatic rings. The van der Waals surface area contributed by atoms with Crippen molar-refractivity contribution in [2.24, 2.45) is 16.2 Å². The molecule has 30 heavy (non-hydrogen) atoms. The second kappa shape index (κ2) is 11.9. The first kappa shape index (κ1) is 22.5. The summed E-state index contributed by atoms with van der Waals surface area (Å²) in [6, 6.07) is 11.6. The second-order valence-corrected chi connectivity index (χ2v) is 6.42. The molecule has 156 valence electrons. The number of carbonyl (C=O) groups is 2. The summed E-state index contributed by atoms with van der Waals surface area (Å²) >= 11 is 0. The van der Waals surface area contributed by atoms with Crippen LogP contribution in [0.3, 0.4) is 0 Å². The van der Waals surface area contributed by atoms with Crippen LogP contribution >= 0.6 is 0 Å². The Hall–Kier alpha value is -3.75. The highest BCUT2D eigenvalue weighted by molar-refractivity contribution is 5.99. The van der Waals surface area contributed by atoms with Crippen molar-refractivity contribution in [1.29, 1.82) is 0 Å². The number of nitrogens with zero attached hydrogens (tertiary/aromatic N) is 4. The molecule has 10 heteroatoms. The molecule has 0 bridgehead atoms. The fourth-order valence-electron chi connectivity index (χ4n) is 2.73. The molecule has 0 saturated heterocycles. The van der Waals surface area contributed by atoms with Gasteiger partial charge in [-0.3, -0.25) is 9.59 Å². The summed E-state index contributed by atoms with van der Waals surface area (Å²) in [5.74, 6) is 5.50. The Bertz CT molecular complexity index is 939. The van der Waals surface area contributed by atoms with Gasteiger partial charge in [0, 0.05) is 17.8 Å². The molecule has 0 atom stereocenters. The number of benzene rings is 2. The first-order valence-corrected chi connectivity index (χ1v) is 9.14. The first-order valence-electron chi connectivity index (χ1n) is 9.14. The lowest BCUT2D eigenvalue weighted by Gasteiger charge is -2.10. The number of azide groups is 1. The van der Waals surface area contributed by atoms with E-state index in [-0.39, 0.29) is 43.3 Å². The molecule has 0 aromatic heterocycles. The number of aryl methyl sites for hydroxylation is 2. The Morgan fingerprint density at radius 1 is 0.967 bits per heavy atom. The summed E-state index contributed by atoms with van der Waals surface area (Å²) in [6.45, 7) is -0.203. The maximum absolute atomic E-state index is 12.1. The van der Waals surface area contributed by atoms with Crippen molar-refractivity contribution < 1.29 is 19.2 Å². The van der Waals surface area contributed by atoms with Gasteiger partial charge in [0.25, 0.3) is 0 Å². The highest BCUT2D eigenvalue weighted by Crippen LogP contribution is 2.28. The van der Waals surface area contributed by atoms with Gasteiger partial charge < -0.3 is 9.57 Å². The molecule has 0 saturated carbocycles. The second-order valence-electron chi connectivity index (χ2n) is 6.42. The van der Waals surface area contributed by atoms with Gasteiger partial charge in [0.05, 0.1) is 6.42 Å². The number of hydrogen-bond donors (Lipinski definition) is 1. The van der Waals surface area contributed by atoms with Crippen molar-refractivity contribution in [2.75, 3.05) is 6.73 Å². The van der Waals surface area contributed by atoms with Gasteiger partial charge in [-0.25, -0.2) is 0 Å². The van der Waals surface area contributed by atoms with Crippen LogP contribution in [0.1, 0.15) is 30.4 Å². The van der Waals surface area contributed by atoms with Gasteiger partial charge in [0.2, 0.25) is 0 Å². The first-order chi connectivity index (χ1) is 14.5. The monoisotopic (exact) mass is 411 g/mol. The molecule has 2 aromatic carbocycles. The van der Waals surface area contributed by atoms with Gasteiger partial charge >= 0.3 is 0 Å². The quantitative estimate of drug-likeness (QED) is 0.131. The summed E-state index contributed by atoms with van der Waals surface area (Å²) in [7, 11) is 0. The molecule has 0 radical (unpaired) electrons. The molecular formula is C20H21N5O5. The molecule has 2 rings (SSSR count). The molecule has 0 heterocycles. The molecule has 2 N–H and O–H groups in total. The Morgan fingerprint density at radius 3 is 2.20 bits per heavy atom. The predicted octanol–water partition coefficient (Wildman–Crippen LogP) is 4.08. The lowest BCUT2D eigenvalue weighted by molar-refractivity contribution is -0.126. The third-order valence-corrected chi connectivity index (χ3v) is 4.30. The molecule has 0 amide bonds. The van der Waals surface area contributed by atoms with E-state index < -0.39 is 0 Å². The summed E-state index contributed by atoms with van der Waals surface area (Å²) in [5, 5.41) is 6.09. The maximum atomic E-state index is 12.1. The summed E-state index contributed by atoms with van der Waals surface area (Å²) in [6.07, 6.45) is 1.25. The molecule has 10 nitrogen and oxygen atoms in total. The van der Waals surface area contributed by atoms with Crippen LogP contribution in [0.2, 0.25) is 0 Å². The van der Waals surface area contributed by atoms with Crippen LogP contribution < -0.4 is 15.5 Å². The summed E-state index contributed by atoms with van der Waals surface area (Å²) < 4.78 is 5.22. The minimum atomic E-state index is -0.203. The van der Waals surface area contributed by atoms with Gasteiger partial charge in [0.1, 0.15) is 17.3 Å². The number of nitrogens with two attached hydrogens (primary N) is 1. The molecule has 0 fully saturated rings. The lowest BCUT2D eigenvalue weighted by Crippen LogP contribution is -2.10. The zero-order valence-electron chi connectivity index (χ0n) is 16.2. The van der Waals surface area contributed by atoms with Crippen LogP contribution in [0.5, 0.6) is 11.5 Å². The average Bonchev–Trinajstić information content (AvgIpc) is 2.77. The number of hydrogen-bond acceptors (Lipinski definition) is 8. The van der Waals surface area contributed by atoms with Crippen LogP contribution in [0.4, 0.5) is 5.69 Å². The number of ether oxygens (including phenoxy) is 1. The van der Waals surface area contributed by atoms with E-state index in [4.69, 9.17) is 21.0 Å². The number of rotatable bonds is 13. The average molecular weight is 411 g/mol. The largest absolute Gasteiger partial charge is 0.484 e. The van der Waals surface area contributed by atoms with E-state index >= 15 is 0 Å². The highest BCUT2D eigenvalue weighted by Gasteiger charge is 2.12. The topological polar surface area (TPSA) is 157 Å². The number of ketones is 2. The number of carbonyl (C=O) groups excluding carboxylic acids is 2. The van der Waals surface area contributed by atoms with Crippen LogP contribution in [-0.4, -0.2) is 18.3 Å². The van der Waals surface area contributed by atoms with Crippen molar-refractivity contribution in [3.63, 3.8) is 0 Å². The Morgan fingerprint density at radius 2 is 1.60 bits per heavy atom. The van der Waals surface area contributed by atoms with Gasteiger partial charge in [-0.15, -0.1) is 4.91 Å². The van der Waals surface area contributed by atoms with Crippen LogP contribution in [-0.2, 0) is 22.4 Å². The van der Waals surface area contributed by atoms with Gasteiger partial charge in [-0.05, 0) is 58.9 Å². The standard InChI is InChI=1S/C20H21N5O5/c21-25-23-13-29-19-10-5-15(11-20(19)30-22)4-9-18(27)12-17(26)8-3-14-1-6-16(24-28)7-2-14/h1-2,5-7,10-11H,3-4,8-9,12-13,22H2. The molecular weight excluding hydrogens is 390 g/mol. The van der Waals surface area contributed by atoms with E-state index in [1.165, 1.54) is 0 Å². The third kappa shape index (κ3) is 7.34. The molecule has 0 aliphatic heterocycles. The van der Waals surface area contributed by atoms with Crippen molar-refractivity contribution in [1.82, 2.24) is 0 Å². The summed E-state index contributed by atoms with van der Waals surface area (Å²) in [4.78, 5) is 41.9. The van der Waals surface area contributed by atoms with Crippen LogP contribution in [0, 0.1) is 4.91 Å². The summed E-state index contributed by atoms with van der Waals surface area (Å²) in [5.41, 5.74) is 10.3. The third-order valence-electron chi connectivity index (χ3n) is 4.30. The Kier molecular flexibility index (Phi) is 8.98. The molecule has 0 unspecified atom stereocenters. The smallest absolute Gasteiger partial charge is 0.188 e. The van der Waals surface area contributed by atoms with E-state index in [9.17, 15) is 14.5 Å². The Balaban J connectivity index is 1.79. The zero-order valence-corrected chi connectivity index (χ0v) is 16.2. The van der Waals surface area contributed by atoms with Crippen molar-refractivity contribution in [2.45, 2.75) is 32.1 Å². The Labute approximate surface area is 172 Å². The van der Waals surface area contributed by atoms with E-state index in [1.807, 2.05) is 0 Å². The van der Waals surface area contributed by atoms with Crippen molar-refractivity contribution >= 4 is 17.3 Å². The van der Waals surface area contributed by atoms with E-state index in [2.05, 4.69) is 15.2 Å². The number of Topliss-reactive ketones (excluding diaryl/α,β-unsaturated/α-hetero) is 2. The zero-order chi connectivity index (χ0) is 21.8. The normalized spacial score (nSPS) is 10.0. The lowest BCUT2D eigenvalue weighted by atomic mass is 10.0. The molecule has 0 aliphatic carbocycles. The molecule has 0 spiro atoms.